The molecule has 1 heterocycles. The predicted molar refractivity (Wildman–Crippen MR) is 129 cm³/mol. The molecule has 1 aliphatic carbocycles. The number of benzene rings is 2. The third-order valence-electron chi connectivity index (χ3n) is 6.42. The Balaban J connectivity index is 1.82. The molecule has 2 aromatic rings. The third-order valence-corrected chi connectivity index (χ3v) is 6.42. The topological polar surface area (TPSA) is 84.9 Å². The minimum absolute atomic E-state index is 0.000279. The van der Waals surface area contributed by atoms with Gasteiger partial charge in [-0.1, -0.05) is 56.3 Å². The van der Waals surface area contributed by atoms with Crippen molar-refractivity contribution in [2.45, 2.75) is 39.0 Å². The van der Waals surface area contributed by atoms with E-state index in [1.54, 1.807) is 12.1 Å². The number of methoxy groups -OCH3 is 1. The zero-order valence-electron chi connectivity index (χ0n) is 20.0. The Morgan fingerprint density at radius 2 is 1.85 bits per heavy atom. The second-order valence-corrected chi connectivity index (χ2v) is 9.35. The van der Waals surface area contributed by atoms with E-state index in [2.05, 4.69) is 11.4 Å². The highest BCUT2D eigenvalue weighted by molar-refractivity contribution is 5.96. The Kier molecular flexibility index (Phi) is 6.77. The van der Waals surface area contributed by atoms with Crippen LogP contribution in [0, 0.1) is 11.8 Å². The number of ketones is 1. The first-order valence-corrected chi connectivity index (χ1v) is 11.6. The molecule has 178 valence electrons. The number of rotatable bonds is 6. The van der Waals surface area contributed by atoms with E-state index in [0.29, 0.717) is 30.0 Å². The van der Waals surface area contributed by atoms with E-state index in [-0.39, 0.29) is 23.4 Å². The van der Waals surface area contributed by atoms with Crippen molar-refractivity contribution in [3.63, 3.8) is 0 Å². The van der Waals surface area contributed by atoms with E-state index >= 15 is 0 Å². The van der Waals surface area contributed by atoms with Crippen LogP contribution >= 0.6 is 0 Å². The maximum Gasteiger partial charge on any atom is 0.336 e. The van der Waals surface area contributed by atoms with Crippen molar-refractivity contribution in [1.29, 1.82) is 0 Å². The van der Waals surface area contributed by atoms with Gasteiger partial charge >= 0.3 is 5.97 Å². The Bertz CT molecular complexity index is 1150. The number of phenolic OH excluding ortho intramolecular Hbond substituents is 1. The zero-order chi connectivity index (χ0) is 24.4. The van der Waals surface area contributed by atoms with Gasteiger partial charge in [0.1, 0.15) is 5.78 Å². The van der Waals surface area contributed by atoms with E-state index in [1.165, 1.54) is 13.2 Å². The van der Waals surface area contributed by atoms with E-state index in [4.69, 9.17) is 9.47 Å². The third kappa shape index (κ3) is 4.58. The number of phenols is 1. The molecule has 1 aliphatic heterocycles. The molecule has 0 aromatic heterocycles. The van der Waals surface area contributed by atoms with Gasteiger partial charge in [-0.05, 0) is 36.1 Å². The lowest BCUT2D eigenvalue weighted by Gasteiger charge is -2.39. The summed E-state index contributed by atoms with van der Waals surface area (Å²) in [4.78, 5) is 26.9. The van der Waals surface area contributed by atoms with Crippen LogP contribution in [0.2, 0.25) is 0 Å². The molecular formula is C28H31NO5. The van der Waals surface area contributed by atoms with Gasteiger partial charge in [-0.3, -0.25) is 4.79 Å². The Labute approximate surface area is 200 Å². The van der Waals surface area contributed by atoms with Crippen molar-refractivity contribution in [3.05, 3.63) is 82.7 Å². The van der Waals surface area contributed by atoms with Crippen LogP contribution in [0.1, 0.15) is 50.2 Å². The largest absolute Gasteiger partial charge is 0.504 e. The van der Waals surface area contributed by atoms with Gasteiger partial charge in [0.15, 0.2) is 11.5 Å². The average Bonchev–Trinajstić information content (AvgIpc) is 2.82. The van der Waals surface area contributed by atoms with Gasteiger partial charge in [-0.2, -0.15) is 0 Å². The van der Waals surface area contributed by atoms with Crippen LogP contribution in [-0.4, -0.2) is 30.6 Å². The average molecular weight is 462 g/mol. The predicted octanol–water partition coefficient (Wildman–Crippen LogP) is 4.82. The molecule has 2 aromatic carbocycles. The van der Waals surface area contributed by atoms with Crippen molar-refractivity contribution in [1.82, 2.24) is 5.32 Å². The maximum absolute atomic E-state index is 13.6. The number of ether oxygens (including phenoxy) is 2. The molecule has 0 amide bonds. The fourth-order valence-electron chi connectivity index (χ4n) is 4.83. The van der Waals surface area contributed by atoms with Gasteiger partial charge in [0.05, 0.1) is 25.2 Å². The summed E-state index contributed by atoms with van der Waals surface area (Å²) < 4.78 is 10.9. The van der Waals surface area contributed by atoms with Crippen LogP contribution in [0.5, 0.6) is 11.5 Å². The zero-order valence-corrected chi connectivity index (χ0v) is 20.0. The minimum Gasteiger partial charge on any atom is -0.504 e. The van der Waals surface area contributed by atoms with Crippen LogP contribution in [-0.2, 0) is 14.3 Å². The highest BCUT2D eigenvalue weighted by Gasteiger charge is 2.45. The van der Waals surface area contributed by atoms with Crippen molar-refractivity contribution >= 4 is 11.8 Å². The number of carbonyl (C=O) groups excluding carboxylic acids is 2. The first-order chi connectivity index (χ1) is 16.3. The first kappa shape index (κ1) is 23.6. The smallest absolute Gasteiger partial charge is 0.336 e. The monoisotopic (exact) mass is 461 g/mol. The molecule has 2 aliphatic rings. The summed E-state index contributed by atoms with van der Waals surface area (Å²) in [5.74, 6) is -1.05. The maximum atomic E-state index is 13.6. The molecule has 0 bridgehead atoms. The lowest BCUT2D eigenvalue weighted by atomic mass is 9.68. The van der Waals surface area contributed by atoms with Crippen molar-refractivity contribution in [3.8, 4) is 11.5 Å². The lowest BCUT2D eigenvalue weighted by molar-refractivity contribution is -0.140. The van der Waals surface area contributed by atoms with Crippen molar-refractivity contribution in [2.75, 3.05) is 13.7 Å². The standard InChI is InChI=1S/C28H31NO5/c1-16(2)15-34-28(32)25-17(3)29-21-12-20(18-8-6-5-7-9-18)13-23(31)27(21)26(25)19-10-11-22(30)24(14-19)33-4/h5-12,14,16,20,26-27,29-30H,13,15H2,1-4H3. The molecule has 0 fully saturated rings. The fraction of sp³-hybridized carbons (Fsp3) is 0.357. The number of esters is 1. The number of Topliss-reactive ketones (excluding diaryl/α,β-unsaturated/α-hetero) is 1. The molecule has 6 heteroatoms. The van der Waals surface area contributed by atoms with E-state index in [9.17, 15) is 14.7 Å². The molecule has 0 saturated heterocycles. The minimum atomic E-state index is -0.556. The molecule has 0 spiro atoms. The summed E-state index contributed by atoms with van der Waals surface area (Å²) in [5.41, 5.74) is 3.68. The normalized spacial score (nSPS) is 22.1. The molecule has 3 unspecified atom stereocenters. The molecular weight excluding hydrogens is 430 g/mol. The van der Waals surface area contributed by atoms with Gasteiger partial charge in [0, 0.05) is 29.7 Å². The number of allylic oxidation sites excluding steroid dienone is 3. The highest BCUT2D eigenvalue weighted by atomic mass is 16.5. The number of carbonyl (C=O) groups is 2. The van der Waals surface area contributed by atoms with Gasteiger partial charge in [0.25, 0.3) is 0 Å². The van der Waals surface area contributed by atoms with E-state index in [0.717, 1.165) is 16.8 Å². The van der Waals surface area contributed by atoms with Gasteiger partial charge in [0.2, 0.25) is 0 Å². The van der Waals surface area contributed by atoms with Crippen LogP contribution in [0.25, 0.3) is 0 Å². The van der Waals surface area contributed by atoms with Gasteiger partial charge in [-0.25, -0.2) is 4.79 Å². The Morgan fingerprint density at radius 3 is 2.53 bits per heavy atom. The Morgan fingerprint density at radius 1 is 1.12 bits per heavy atom. The highest BCUT2D eigenvalue weighted by Crippen LogP contribution is 2.47. The summed E-state index contributed by atoms with van der Waals surface area (Å²) in [5, 5.41) is 13.5. The summed E-state index contributed by atoms with van der Waals surface area (Å²) >= 11 is 0. The Hall–Kier alpha value is -3.54. The molecule has 0 saturated carbocycles. The van der Waals surface area contributed by atoms with Crippen LogP contribution in [0.15, 0.2) is 71.6 Å². The number of nitrogens with one attached hydrogen (secondary N) is 1. The molecule has 34 heavy (non-hydrogen) atoms. The second-order valence-electron chi connectivity index (χ2n) is 9.35. The SMILES string of the molecule is COc1cc(C2C(C(=O)OCC(C)C)=C(C)NC3=CC(c4ccccc4)CC(=O)C32)ccc1O. The molecule has 6 nitrogen and oxygen atoms in total. The molecule has 0 radical (unpaired) electrons. The van der Waals surface area contributed by atoms with Gasteiger partial charge < -0.3 is 19.9 Å². The van der Waals surface area contributed by atoms with Crippen molar-refractivity contribution < 1.29 is 24.2 Å². The van der Waals surface area contributed by atoms with Crippen LogP contribution in [0.3, 0.4) is 0 Å². The fourth-order valence-corrected chi connectivity index (χ4v) is 4.83. The lowest BCUT2D eigenvalue weighted by Crippen LogP contribution is -2.42. The van der Waals surface area contributed by atoms with E-state index in [1.807, 2.05) is 51.1 Å². The molecule has 4 rings (SSSR count). The summed E-state index contributed by atoms with van der Waals surface area (Å²) in [6, 6.07) is 14.9. The first-order valence-electron chi connectivity index (χ1n) is 11.6. The van der Waals surface area contributed by atoms with Gasteiger partial charge in [-0.15, -0.1) is 0 Å². The number of hydrogen-bond donors (Lipinski definition) is 2. The summed E-state index contributed by atoms with van der Waals surface area (Å²) in [6.07, 6.45) is 2.45. The summed E-state index contributed by atoms with van der Waals surface area (Å²) in [7, 11) is 1.47. The number of hydrogen-bond acceptors (Lipinski definition) is 6. The summed E-state index contributed by atoms with van der Waals surface area (Å²) in [6.45, 7) is 6.08. The number of aromatic hydroxyl groups is 1. The van der Waals surface area contributed by atoms with Crippen molar-refractivity contribution in [2.24, 2.45) is 11.8 Å². The van der Waals surface area contributed by atoms with Crippen LogP contribution in [0.4, 0.5) is 0 Å². The number of fused-ring (bicyclic) bond motifs is 1. The molecule has 2 N–H and O–H groups in total. The molecule has 3 atom stereocenters. The quantitative estimate of drug-likeness (QED) is 0.600. The van der Waals surface area contributed by atoms with E-state index < -0.39 is 17.8 Å². The second kappa shape index (κ2) is 9.75. The van der Waals surface area contributed by atoms with Crippen LogP contribution < -0.4 is 10.1 Å².